The summed E-state index contributed by atoms with van der Waals surface area (Å²) in [6.07, 6.45) is -2.76. The summed E-state index contributed by atoms with van der Waals surface area (Å²) in [7, 11) is 3.87. The SMILES string of the molecule is CC(C)N=C1S/C(=C\c2ccc(N(C)C)cc2)C(=O)N1c1cccc(C(F)(F)F)c1. The van der Waals surface area contributed by atoms with Crippen LogP contribution in [0.3, 0.4) is 0 Å². The molecule has 0 aromatic heterocycles. The molecular weight excluding hydrogens is 411 g/mol. The number of anilines is 2. The first-order chi connectivity index (χ1) is 14.1. The number of carbonyl (C=O) groups is 1. The standard InChI is InChI=1S/C22H22F3N3OS/c1-14(2)26-21-28(18-7-5-6-16(13-18)22(23,24)25)20(29)19(30-21)12-15-8-10-17(11-9-15)27(3)4/h5-14H,1-4H3/b19-12-,26-21?. The van der Waals surface area contributed by atoms with Crippen molar-refractivity contribution in [2.45, 2.75) is 26.1 Å². The maximum Gasteiger partial charge on any atom is 0.416 e. The molecule has 8 heteroatoms. The van der Waals surface area contributed by atoms with Gasteiger partial charge in [-0.3, -0.25) is 14.7 Å². The summed E-state index contributed by atoms with van der Waals surface area (Å²) >= 11 is 1.16. The third kappa shape index (κ3) is 4.87. The number of alkyl halides is 3. The van der Waals surface area contributed by atoms with E-state index in [-0.39, 0.29) is 11.7 Å². The van der Waals surface area contributed by atoms with E-state index in [1.165, 1.54) is 17.0 Å². The van der Waals surface area contributed by atoms with Gasteiger partial charge in [0.15, 0.2) is 5.17 Å². The highest BCUT2D eigenvalue weighted by Gasteiger charge is 2.37. The Morgan fingerprint density at radius 3 is 2.33 bits per heavy atom. The number of thioether (sulfide) groups is 1. The summed E-state index contributed by atoms with van der Waals surface area (Å²) in [4.78, 5) is 21.2. The first-order valence-electron chi connectivity index (χ1n) is 9.32. The number of hydrogen-bond acceptors (Lipinski definition) is 4. The highest BCUT2D eigenvalue weighted by molar-refractivity contribution is 8.19. The van der Waals surface area contributed by atoms with E-state index in [0.29, 0.717) is 10.1 Å². The smallest absolute Gasteiger partial charge is 0.378 e. The summed E-state index contributed by atoms with van der Waals surface area (Å²) in [6.45, 7) is 3.70. The molecule has 3 rings (SSSR count). The number of nitrogens with zero attached hydrogens (tertiary/aromatic N) is 3. The zero-order valence-corrected chi connectivity index (χ0v) is 17.9. The molecule has 1 heterocycles. The highest BCUT2D eigenvalue weighted by atomic mass is 32.2. The van der Waals surface area contributed by atoms with Crippen molar-refractivity contribution in [1.29, 1.82) is 0 Å². The fourth-order valence-corrected chi connectivity index (χ4v) is 3.96. The van der Waals surface area contributed by atoms with Crippen LogP contribution in [-0.2, 0) is 11.0 Å². The van der Waals surface area contributed by atoms with E-state index in [2.05, 4.69) is 4.99 Å². The van der Waals surface area contributed by atoms with Gasteiger partial charge in [0, 0.05) is 25.8 Å². The van der Waals surface area contributed by atoms with Gasteiger partial charge in [0.1, 0.15) is 0 Å². The van der Waals surface area contributed by atoms with Crippen LogP contribution in [0, 0.1) is 0 Å². The molecule has 2 aromatic rings. The molecular formula is C22H22F3N3OS. The Kier molecular flexibility index (Phi) is 6.26. The third-order valence-electron chi connectivity index (χ3n) is 4.31. The zero-order valence-electron chi connectivity index (χ0n) is 17.1. The van der Waals surface area contributed by atoms with Gasteiger partial charge in [0.25, 0.3) is 5.91 Å². The molecule has 0 radical (unpaired) electrons. The fourth-order valence-electron chi connectivity index (χ4n) is 2.85. The van der Waals surface area contributed by atoms with Gasteiger partial charge in [-0.15, -0.1) is 0 Å². The van der Waals surface area contributed by atoms with Crippen LogP contribution in [0.2, 0.25) is 0 Å². The highest BCUT2D eigenvalue weighted by Crippen LogP contribution is 2.38. The van der Waals surface area contributed by atoms with Crippen molar-refractivity contribution in [3.63, 3.8) is 0 Å². The molecule has 0 aliphatic carbocycles. The van der Waals surface area contributed by atoms with Gasteiger partial charge in [-0.1, -0.05) is 18.2 Å². The first kappa shape index (κ1) is 22.0. The second-order valence-electron chi connectivity index (χ2n) is 7.29. The Hall–Kier alpha value is -2.74. The molecule has 30 heavy (non-hydrogen) atoms. The van der Waals surface area contributed by atoms with Crippen molar-refractivity contribution in [3.05, 3.63) is 64.6 Å². The minimum Gasteiger partial charge on any atom is -0.378 e. The average molecular weight is 433 g/mol. The van der Waals surface area contributed by atoms with Gasteiger partial charge in [-0.05, 0) is 67.6 Å². The summed E-state index contributed by atoms with van der Waals surface area (Å²) < 4.78 is 39.5. The molecule has 1 fully saturated rings. The van der Waals surface area contributed by atoms with Crippen LogP contribution in [0.4, 0.5) is 24.5 Å². The molecule has 0 unspecified atom stereocenters. The molecule has 158 valence electrons. The van der Waals surface area contributed by atoms with Crippen LogP contribution in [0.5, 0.6) is 0 Å². The Morgan fingerprint density at radius 1 is 1.10 bits per heavy atom. The Bertz CT molecular complexity index is 995. The van der Waals surface area contributed by atoms with Gasteiger partial charge in [-0.2, -0.15) is 13.2 Å². The summed E-state index contributed by atoms with van der Waals surface area (Å²) in [5.74, 6) is -0.393. The van der Waals surface area contributed by atoms with Crippen LogP contribution < -0.4 is 9.80 Å². The maximum atomic E-state index is 13.2. The zero-order chi connectivity index (χ0) is 22.1. The largest absolute Gasteiger partial charge is 0.416 e. The number of halogens is 3. The first-order valence-corrected chi connectivity index (χ1v) is 10.1. The molecule has 1 amide bonds. The number of benzene rings is 2. The van der Waals surface area contributed by atoms with E-state index in [0.717, 1.165) is 35.1 Å². The average Bonchev–Trinajstić information content (AvgIpc) is 2.96. The van der Waals surface area contributed by atoms with Crippen molar-refractivity contribution in [2.75, 3.05) is 23.9 Å². The van der Waals surface area contributed by atoms with Crippen LogP contribution in [-0.4, -0.2) is 31.2 Å². The fraction of sp³-hybridized carbons (Fsp3) is 0.273. The molecule has 1 aliphatic rings. The second kappa shape index (κ2) is 8.55. The van der Waals surface area contributed by atoms with E-state index in [1.807, 2.05) is 57.1 Å². The van der Waals surface area contributed by atoms with Gasteiger partial charge in [0.2, 0.25) is 0 Å². The van der Waals surface area contributed by atoms with Gasteiger partial charge < -0.3 is 4.90 Å². The van der Waals surface area contributed by atoms with Crippen molar-refractivity contribution in [1.82, 2.24) is 0 Å². The van der Waals surface area contributed by atoms with E-state index in [4.69, 9.17) is 0 Å². The Morgan fingerprint density at radius 2 is 1.77 bits per heavy atom. The second-order valence-corrected chi connectivity index (χ2v) is 8.30. The van der Waals surface area contributed by atoms with Crippen molar-refractivity contribution < 1.29 is 18.0 Å². The summed E-state index contributed by atoms with van der Waals surface area (Å²) in [5.41, 5.74) is 1.19. The lowest BCUT2D eigenvalue weighted by atomic mass is 10.1. The number of amidine groups is 1. The Balaban J connectivity index is 2.00. The normalized spacial score (nSPS) is 17.5. The third-order valence-corrected chi connectivity index (χ3v) is 5.30. The number of rotatable bonds is 4. The predicted octanol–water partition coefficient (Wildman–Crippen LogP) is 5.66. The molecule has 1 saturated heterocycles. The number of amides is 1. The maximum absolute atomic E-state index is 13.2. The van der Waals surface area contributed by atoms with Crippen LogP contribution in [0.15, 0.2) is 58.4 Å². The predicted molar refractivity (Wildman–Crippen MR) is 118 cm³/mol. The lowest BCUT2D eigenvalue weighted by Gasteiger charge is -2.18. The van der Waals surface area contributed by atoms with E-state index in [1.54, 1.807) is 6.08 Å². The number of hydrogen-bond donors (Lipinski definition) is 0. The van der Waals surface area contributed by atoms with Crippen LogP contribution >= 0.6 is 11.8 Å². The van der Waals surface area contributed by atoms with Gasteiger partial charge in [-0.25, -0.2) is 0 Å². The minimum atomic E-state index is -4.49. The molecule has 2 aromatic carbocycles. The van der Waals surface area contributed by atoms with Gasteiger partial charge in [0.05, 0.1) is 16.2 Å². The Labute approximate surface area is 178 Å². The molecule has 0 saturated carbocycles. The number of aliphatic imine (C=N–C) groups is 1. The number of carbonyl (C=O) groups excluding carboxylic acids is 1. The van der Waals surface area contributed by atoms with E-state index < -0.39 is 17.6 Å². The molecule has 0 N–H and O–H groups in total. The van der Waals surface area contributed by atoms with E-state index >= 15 is 0 Å². The monoisotopic (exact) mass is 433 g/mol. The lowest BCUT2D eigenvalue weighted by molar-refractivity contribution is -0.137. The van der Waals surface area contributed by atoms with Crippen LogP contribution in [0.25, 0.3) is 6.08 Å². The molecule has 1 aliphatic heterocycles. The molecule has 0 atom stereocenters. The quantitative estimate of drug-likeness (QED) is 0.584. The molecule has 0 spiro atoms. The summed E-state index contributed by atoms with van der Waals surface area (Å²) in [5, 5.41) is 0.366. The van der Waals surface area contributed by atoms with Crippen LogP contribution in [0.1, 0.15) is 25.0 Å². The molecule has 0 bridgehead atoms. The van der Waals surface area contributed by atoms with Crippen molar-refractivity contribution in [2.24, 2.45) is 4.99 Å². The van der Waals surface area contributed by atoms with Gasteiger partial charge >= 0.3 is 6.18 Å². The minimum absolute atomic E-state index is 0.118. The van der Waals surface area contributed by atoms with Crippen molar-refractivity contribution >= 4 is 40.3 Å². The summed E-state index contributed by atoms with van der Waals surface area (Å²) in [6, 6.07) is 12.3. The van der Waals surface area contributed by atoms with E-state index in [9.17, 15) is 18.0 Å². The molecule has 4 nitrogen and oxygen atoms in total. The van der Waals surface area contributed by atoms with Crippen molar-refractivity contribution in [3.8, 4) is 0 Å². The topological polar surface area (TPSA) is 35.9 Å². The lowest BCUT2D eigenvalue weighted by Crippen LogP contribution is -2.29.